The monoisotopic (exact) mass is 311 g/mol. The summed E-state index contributed by atoms with van der Waals surface area (Å²) in [5, 5.41) is 3.85. The van der Waals surface area contributed by atoms with Gasteiger partial charge in [0.05, 0.1) is 23.0 Å². The van der Waals surface area contributed by atoms with Crippen molar-refractivity contribution in [3.8, 4) is 11.5 Å². The van der Waals surface area contributed by atoms with E-state index in [1.807, 2.05) is 24.5 Å². The molecule has 0 atom stereocenters. The van der Waals surface area contributed by atoms with Gasteiger partial charge in [0.15, 0.2) is 11.5 Å². The number of hydrogen-bond donors (Lipinski definition) is 1. The van der Waals surface area contributed by atoms with Crippen molar-refractivity contribution in [3.05, 3.63) is 40.8 Å². The van der Waals surface area contributed by atoms with Crippen LogP contribution >= 0.6 is 23.4 Å². The van der Waals surface area contributed by atoms with Crippen molar-refractivity contribution in [3.63, 3.8) is 0 Å². The van der Waals surface area contributed by atoms with E-state index in [9.17, 15) is 0 Å². The Bertz CT molecular complexity index is 614. The average molecular weight is 312 g/mol. The highest BCUT2D eigenvalue weighted by atomic mass is 35.5. The van der Waals surface area contributed by atoms with Crippen molar-refractivity contribution in [2.75, 3.05) is 18.4 Å². The highest BCUT2D eigenvalue weighted by Crippen LogP contribution is 2.39. The van der Waals surface area contributed by atoms with Crippen LogP contribution in [0.5, 0.6) is 11.5 Å². The standard InChI is InChI=1S/C14H14ClNO3S/c1-20-7-10-3-2-9(19-10)6-16-12-5-14-13(4-11(12)15)17-8-18-14/h2-5,16H,6-8H2,1H3. The van der Waals surface area contributed by atoms with Crippen LogP contribution in [-0.2, 0) is 12.3 Å². The fraction of sp³-hybridized carbons (Fsp3) is 0.286. The van der Waals surface area contributed by atoms with E-state index in [4.69, 9.17) is 25.5 Å². The minimum Gasteiger partial charge on any atom is -0.463 e. The Morgan fingerprint density at radius 1 is 1.20 bits per heavy atom. The highest BCUT2D eigenvalue weighted by Gasteiger charge is 2.16. The van der Waals surface area contributed by atoms with Crippen molar-refractivity contribution < 1.29 is 13.9 Å². The molecule has 1 aliphatic heterocycles. The molecule has 1 aromatic carbocycles. The molecule has 6 heteroatoms. The van der Waals surface area contributed by atoms with Gasteiger partial charge in [0.25, 0.3) is 0 Å². The second-order valence-corrected chi connectivity index (χ2v) is 5.61. The van der Waals surface area contributed by atoms with Crippen molar-refractivity contribution in [1.29, 1.82) is 0 Å². The van der Waals surface area contributed by atoms with Gasteiger partial charge in [-0.05, 0) is 18.4 Å². The molecule has 0 bridgehead atoms. The van der Waals surface area contributed by atoms with Crippen LogP contribution in [0.15, 0.2) is 28.7 Å². The van der Waals surface area contributed by atoms with Crippen LogP contribution in [0, 0.1) is 0 Å². The summed E-state index contributed by atoms with van der Waals surface area (Å²) in [4.78, 5) is 0. The van der Waals surface area contributed by atoms with E-state index >= 15 is 0 Å². The van der Waals surface area contributed by atoms with Gasteiger partial charge in [-0.2, -0.15) is 11.8 Å². The number of hydrogen-bond acceptors (Lipinski definition) is 5. The summed E-state index contributed by atoms with van der Waals surface area (Å²) in [5.74, 6) is 4.12. The first kappa shape index (κ1) is 13.5. The van der Waals surface area contributed by atoms with E-state index < -0.39 is 0 Å². The second kappa shape index (κ2) is 5.89. The first-order valence-corrected chi connectivity index (χ1v) is 7.93. The van der Waals surface area contributed by atoms with Crippen LogP contribution in [0.3, 0.4) is 0 Å². The highest BCUT2D eigenvalue weighted by molar-refractivity contribution is 7.97. The number of benzene rings is 1. The van der Waals surface area contributed by atoms with Crippen molar-refractivity contribution in [2.24, 2.45) is 0 Å². The summed E-state index contributed by atoms with van der Waals surface area (Å²) in [6.07, 6.45) is 2.05. The number of rotatable bonds is 5. The number of anilines is 1. The Balaban J connectivity index is 1.68. The predicted molar refractivity (Wildman–Crippen MR) is 80.8 cm³/mol. The van der Waals surface area contributed by atoms with Gasteiger partial charge in [0.2, 0.25) is 6.79 Å². The molecular formula is C14H14ClNO3S. The number of furan rings is 1. The molecular weight excluding hydrogens is 298 g/mol. The third-order valence-electron chi connectivity index (χ3n) is 2.92. The number of ether oxygens (including phenoxy) is 2. The topological polar surface area (TPSA) is 43.6 Å². The lowest BCUT2D eigenvalue weighted by atomic mass is 10.2. The van der Waals surface area contributed by atoms with Gasteiger partial charge in [0.1, 0.15) is 11.5 Å². The van der Waals surface area contributed by atoms with Gasteiger partial charge in [-0.15, -0.1) is 0 Å². The molecule has 1 N–H and O–H groups in total. The smallest absolute Gasteiger partial charge is 0.231 e. The van der Waals surface area contributed by atoms with Gasteiger partial charge in [-0.25, -0.2) is 0 Å². The van der Waals surface area contributed by atoms with E-state index in [0.717, 1.165) is 23.0 Å². The largest absolute Gasteiger partial charge is 0.463 e. The maximum Gasteiger partial charge on any atom is 0.231 e. The summed E-state index contributed by atoms with van der Waals surface area (Å²) in [6, 6.07) is 7.57. The second-order valence-electron chi connectivity index (χ2n) is 4.34. The van der Waals surface area contributed by atoms with Crippen LogP contribution in [-0.4, -0.2) is 13.0 Å². The Morgan fingerprint density at radius 2 is 1.95 bits per heavy atom. The van der Waals surface area contributed by atoms with E-state index in [-0.39, 0.29) is 6.79 Å². The Labute approximate surface area is 126 Å². The van der Waals surface area contributed by atoms with E-state index in [0.29, 0.717) is 23.1 Å². The summed E-state index contributed by atoms with van der Waals surface area (Å²) in [5.41, 5.74) is 0.804. The molecule has 3 rings (SSSR count). The van der Waals surface area contributed by atoms with Crippen LogP contribution in [0.4, 0.5) is 5.69 Å². The minimum absolute atomic E-state index is 0.241. The molecule has 0 spiro atoms. The molecule has 0 fully saturated rings. The Hall–Kier alpha value is -1.46. The van der Waals surface area contributed by atoms with Gasteiger partial charge >= 0.3 is 0 Å². The van der Waals surface area contributed by atoms with Gasteiger partial charge in [0, 0.05) is 12.1 Å². The number of fused-ring (bicyclic) bond motifs is 1. The lowest BCUT2D eigenvalue weighted by Gasteiger charge is -2.08. The Morgan fingerprint density at radius 3 is 2.75 bits per heavy atom. The van der Waals surface area contributed by atoms with E-state index in [1.54, 1.807) is 17.8 Å². The molecule has 1 aromatic heterocycles. The molecule has 0 unspecified atom stereocenters. The predicted octanol–water partition coefficient (Wildman–Crippen LogP) is 4.14. The van der Waals surface area contributed by atoms with Gasteiger partial charge < -0.3 is 19.2 Å². The normalized spacial score (nSPS) is 12.7. The number of nitrogens with one attached hydrogen (secondary N) is 1. The number of halogens is 1. The lowest BCUT2D eigenvalue weighted by molar-refractivity contribution is 0.174. The molecule has 20 heavy (non-hydrogen) atoms. The fourth-order valence-electron chi connectivity index (χ4n) is 1.97. The first-order chi connectivity index (χ1) is 9.76. The molecule has 1 aliphatic rings. The lowest BCUT2D eigenvalue weighted by Crippen LogP contribution is -1.98. The minimum atomic E-state index is 0.241. The summed E-state index contributed by atoms with van der Waals surface area (Å²) >= 11 is 7.93. The molecule has 106 valence electrons. The average Bonchev–Trinajstić information content (AvgIpc) is 3.05. The summed E-state index contributed by atoms with van der Waals surface area (Å²) in [7, 11) is 0. The van der Waals surface area contributed by atoms with Crippen LogP contribution < -0.4 is 14.8 Å². The molecule has 2 aromatic rings. The zero-order valence-corrected chi connectivity index (χ0v) is 12.5. The van der Waals surface area contributed by atoms with Crippen molar-refractivity contribution >= 4 is 29.1 Å². The van der Waals surface area contributed by atoms with Crippen LogP contribution in [0.25, 0.3) is 0 Å². The summed E-state index contributed by atoms with van der Waals surface area (Å²) < 4.78 is 16.3. The molecule has 0 radical (unpaired) electrons. The summed E-state index contributed by atoms with van der Waals surface area (Å²) in [6.45, 7) is 0.819. The first-order valence-electron chi connectivity index (χ1n) is 6.16. The molecule has 0 saturated heterocycles. The SMILES string of the molecule is CSCc1ccc(CNc2cc3c(cc2Cl)OCO3)o1. The van der Waals surface area contributed by atoms with Gasteiger partial charge in [-0.3, -0.25) is 0 Å². The van der Waals surface area contributed by atoms with E-state index in [1.165, 1.54) is 0 Å². The molecule has 2 heterocycles. The molecule has 0 amide bonds. The van der Waals surface area contributed by atoms with Gasteiger partial charge in [-0.1, -0.05) is 11.6 Å². The Kier molecular flexibility index (Phi) is 3.98. The van der Waals surface area contributed by atoms with Crippen molar-refractivity contribution in [2.45, 2.75) is 12.3 Å². The molecule has 0 aliphatic carbocycles. The zero-order chi connectivity index (χ0) is 13.9. The molecule has 0 saturated carbocycles. The maximum absolute atomic E-state index is 6.20. The third-order valence-corrected chi connectivity index (χ3v) is 3.81. The zero-order valence-electron chi connectivity index (χ0n) is 10.9. The van der Waals surface area contributed by atoms with E-state index in [2.05, 4.69) is 5.32 Å². The third kappa shape index (κ3) is 2.83. The quantitative estimate of drug-likeness (QED) is 0.899. The maximum atomic E-state index is 6.20. The molecule has 4 nitrogen and oxygen atoms in total. The van der Waals surface area contributed by atoms with Crippen LogP contribution in [0.1, 0.15) is 11.5 Å². The van der Waals surface area contributed by atoms with Crippen molar-refractivity contribution in [1.82, 2.24) is 0 Å². The fourth-order valence-corrected chi connectivity index (χ4v) is 2.63. The van der Waals surface area contributed by atoms with Crippen LogP contribution in [0.2, 0.25) is 5.02 Å². The number of thioether (sulfide) groups is 1.